The monoisotopic (exact) mass is 206 g/mol. The Hall–Kier alpha value is -1.35. The lowest BCUT2D eigenvalue weighted by atomic mass is 10.1. The van der Waals surface area contributed by atoms with Gasteiger partial charge in [0.05, 0.1) is 13.0 Å². The van der Waals surface area contributed by atoms with Crippen molar-refractivity contribution in [3.05, 3.63) is 35.9 Å². The van der Waals surface area contributed by atoms with Gasteiger partial charge >= 0.3 is 5.97 Å². The summed E-state index contributed by atoms with van der Waals surface area (Å²) in [5.74, 6) is -0.351. The lowest BCUT2D eigenvalue weighted by Gasteiger charge is -2.15. The minimum atomic E-state index is -0.450. The summed E-state index contributed by atoms with van der Waals surface area (Å²) in [5, 5.41) is 0. The highest BCUT2D eigenvalue weighted by Gasteiger charge is 2.61. The first-order valence-corrected chi connectivity index (χ1v) is 4.93. The van der Waals surface area contributed by atoms with Gasteiger partial charge in [0.15, 0.2) is 0 Å². The fraction of sp³-hybridized carbons (Fsp3) is 0.417. The predicted molar refractivity (Wildman–Crippen MR) is 55.3 cm³/mol. The molecule has 0 amide bonds. The molecule has 1 aliphatic rings. The van der Waals surface area contributed by atoms with Crippen LogP contribution in [0, 0.1) is 5.92 Å². The lowest BCUT2D eigenvalue weighted by Crippen LogP contribution is -2.18. The number of hydrogen-bond donors (Lipinski definition) is 0. The Morgan fingerprint density at radius 3 is 2.53 bits per heavy atom. The number of carbonyl (C=O) groups is 1. The van der Waals surface area contributed by atoms with Crippen LogP contribution in [0.3, 0.4) is 0 Å². The standard InChI is InChI=1S/C12H14O3/c1-14-11(13)10-8-12(10,15-2)9-6-4-3-5-7-9/h3-7,10H,8H2,1-2H3/t10-,12-/m0/s1. The normalized spacial score (nSPS) is 28.5. The number of rotatable bonds is 3. The molecule has 80 valence electrons. The molecule has 0 radical (unpaired) electrons. The molecule has 0 saturated heterocycles. The molecule has 0 aliphatic heterocycles. The van der Waals surface area contributed by atoms with E-state index in [0.29, 0.717) is 6.42 Å². The molecule has 0 unspecified atom stereocenters. The quantitative estimate of drug-likeness (QED) is 0.706. The molecule has 1 aromatic rings. The van der Waals surface area contributed by atoms with E-state index in [0.717, 1.165) is 5.56 Å². The largest absolute Gasteiger partial charge is 0.469 e. The van der Waals surface area contributed by atoms with Crippen LogP contribution in [0.15, 0.2) is 30.3 Å². The molecular weight excluding hydrogens is 192 g/mol. The van der Waals surface area contributed by atoms with Gasteiger partial charge in [0.1, 0.15) is 5.60 Å². The molecule has 0 aromatic heterocycles. The maximum absolute atomic E-state index is 11.4. The van der Waals surface area contributed by atoms with E-state index in [4.69, 9.17) is 9.47 Å². The van der Waals surface area contributed by atoms with Gasteiger partial charge in [0.2, 0.25) is 0 Å². The van der Waals surface area contributed by atoms with Gasteiger partial charge in [-0.1, -0.05) is 30.3 Å². The summed E-state index contributed by atoms with van der Waals surface area (Å²) in [6.07, 6.45) is 0.709. The average molecular weight is 206 g/mol. The number of carbonyl (C=O) groups excluding carboxylic acids is 1. The van der Waals surface area contributed by atoms with Crippen molar-refractivity contribution >= 4 is 5.97 Å². The molecule has 0 N–H and O–H groups in total. The highest BCUT2D eigenvalue weighted by atomic mass is 16.5. The van der Waals surface area contributed by atoms with E-state index in [2.05, 4.69) is 0 Å². The number of benzene rings is 1. The van der Waals surface area contributed by atoms with Crippen LogP contribution in [-0.2, 0) is 19.9 Å². The molecule has 3 nitrogen and oxygen atoms in total. The van der Waals surface area contributed by atoms with E-state index in [1.807, 2.05) is 30.3 Å². The first kappa shape index (κ1) is 10.2. The molecule has 0 spiro atoms. The summed E-state index contributed by atoms with van der Waals surface area (Å²) in [6.45, 7) is 0. The number of methoxy groups -OCH3 is 2. The Balaban J connectivity index is 2.24. The van der Waals surface area contributed by atoms with Crippen LogP contribution >= 0.6 is 0 Å². The second kappa shape index (κ2) is 3.66. The van der Waals surface area contributed by atoms with Crippen molar-refractivity contribution in [2.75, 3.05) is 14.2 Å². The molecule has 2 atom stereocenters. The topological polar surface area (TPSA) is 35.5 Å². The fourth-order valence-corrected chi connectivity index (χ4v) is 2.04. The number of ether oxygens (including phenoxy) is 2. The van der Waals surface area contributed by atoms with Gasteiger partial charge in [-0.2, -0.15) is 0 Å². The van der Waals surface area contributed by atoms with E-state index in [9.17, 15) is 4.79 Å². The number of hydrogen-bond acceptors (Lipinski definition) is 3. The van der Waals surface area contributed by atoms with Gasteiger partial charge in [-0.15, -0.1) is 0 Å². The third kappa shape index (κ3) is 1.53. The Bertz CT molecular complexity index is 360. The predicted octanol–water partition coefficient (Wildman–Crippen LogP) is 1.72. The van der Waals surface area contributed by atoms with Gasteiger partial charge in [-0.25, -0.2) is 0 Å². The third-order valence-corrected chi connectivity index (χ3v) is 3.02. The molecule has 1 aliphatic carbocycles. The van der Waals surface area contributed by atoms with Crippen molar-refractivity contribution in [2.24, 2.45) is 5.92 Å². The van der Waals surface area contributed by atoms with E-state index in [1.165, 1.54) is 7.11 Å². The smallest absolute Gasteiger partial charge is 0.312 e. The molecule has 15 heavy (non-hydrogen) atoms. The van der Waals surface area contributed by atoms with Crippen molar-refractivity contribution in [3.63, 3.8) is 0 Å². The maximum atomic E-state index is 11.4. The van der Waals surface area contributed by atoms with Crippen LogP contribution in [-0.4, -0.2) is 20.2 Å². The fourth-order valence-electron chi connectivity index (χ4n) is 2.04. The first-order valence-electron chi connectivity index (χ1n) is 4.93. The van der Waals surface area contributed by atoms with Gasteiger partial charge in [-0.3, -0.25) is 4.79 Å². The van der Waals surface area contributed by atoms with Crippen molar-refractivity contribution in [1.29, 1.82) is 0 Å². The summed E-state index contributed by atoms with van der Waals surface area (Å²) >= 11 is 0. The Kier molecular flexibility index (Phi) is 2.49. The minimum absolute atomic E-state index is 0.158. The lowest BCUT2D eigenvalue weighted by molar-refractivity contribution is -0.144. The summed E-state index contributed by atoms with van der Waals surface area (Å²) in [6, 6.07) is 9.80. The zero-order valence-corrected chi connectivity index (χ0v) is 8.90. The average Bonchev–Trinajstić information content (AvgIpc) is 3.05. The van der Waals surface area contributed by atoms with Crippen LogP contribution in [0.4, 0.5) is 0 Å². The van der Waals surface area contributed by atoms with Crippen LogP contribution in [0.5, 0.6) is 0 Å². The summed E-state index contributed by atoms with van der Waals surface area (Å²) in [4.78, 5) is 11.4. The highest BCUT2D eigenvalue weighted by Crippen LogP contribution is 2.55. The molecule has 3 heteroatoms. The molecule has 0 heterocycles. The van der Waals surface area contributed by atoms with Gasteiger partial charge < -0.3 is 9.47 Å². The van der Waals surface area contributed by atoms with Crippen LogP contribution in [0.1, 0.15) is 12.0 Å². The zero-order valence-electron chi connectivity index (χ0n) is 8.90. The van der Waals surface area contributed by atoms with Crippen molar-refractivity contribution in [3.8, 4) is 0 Å². The minimum Gasteiger partial charge on any atom is -0.469 e. The van der Waals surface area contributed by atoms with E-state index in [-0.39, 0.29) is 11.9 Å². The van der Waals surface area contributed by atoms with Crippen LogP contribution in [0.25, 0.3) is 0 Å². The Morgan fingerprint density at radius 2 is 2.00 bits per heavy atom. The van der Waals surface area contributed by atoms with E-state index >= 15 is 0 Å². The Morgan fingerprint density at radius 1 is 1.33 bits per heavy atom. The van der Waals surface area contributed by atoms with Crippen molar-refractivity contribution in [1.82, 2.24) is 0 Å². The van der Waals surface area contributed by atoms with Gasteiger partial charge in [0, 0.05) is 7.11 Å². The second-order valence-corrected chi connectivity index (χ2v) is 3.74. The molecule has 1 saturated carbocycles. The highest BCUT2D eigenvalue weighted by molar-refractivity contribution is 5.78. The third-order valence-electron chi connectivity index (χ3n) is 3.02. The van der Waals surface area contributed by atoms with E-state index in [1.54, 1.807) is 7.11 Å². The summed E-state index contributed by atoms with van der Waals surface area (Å²) in [5.41, 5.74) is 0.594. The SMILES string of the molecule is COC(=O)[C@@H]1C[C@]1(OC)c1ccccc1. The van der Waals surface area contributed by atoms with Crippen LogP contribution in [0.2, 0.25) is 0 Å². The maximum Gasteiger partial charge on any atom is 0.312 e. The molecule has 0 bridgehead atoms. The molecule has 1 aromatic carbocycles. The van der Waals surface area contributed by atoms with Gasteiger partial charge in [-0.05, 0) is 12.0 Å². The summed E-state index contributed by atoms with van der Waals surface area (Å²) < 4.78 is 10.2. The van der Waals surface area contributed by atoms with Crippen LogP contribution < -0.4 is 0 Å². The number of esters is 1. The van der Waals surface area contributed by atoms with Gasteiger partial charge in [0.25, 0.3) is 0 Å². The van der Waals surface area contributed by atoms with Crippen molar-refractivity contribution in [2.45, 2.75) is 12.0 Å². The summed E-state index contributed by atoms with van der Waals surface area (Å²) in [7, 11) is 3.04. The van der Waals surface area contributed by atoms with Crippen molar-refractivity contribution < 1.29 is 14.3 Å². The van der Waals surface area contributed by atoms with E-state index < -0.39 is 5.60 Å². The molecule has 2 rings (SSSR count). The molecular formula is C12H14O3. The Labute approximate surface area is 89.0 Å². The first-order chi connectivity index (χ1) is 7.24. The zero-order chi connectivity index (χ0) is 10.9. The second-order valence-electron chi connectivity index (χ2n) is 3.74. The molecule has 1 fully saturated rings.